The van der Waals surface area contributed by atoms with E-state index in [0.717, 1.165) is 28.0 Å². The molecule has 1 fully saturated rings. The van der Waals surface area contributed by atoms with Gasteiger partial charge in [-0.1, -0.05) is 30.3 Å². The van der Waals surface area contributed by atoms with Crippen LogP contribution >= 0.6 is 15.9 Å². The van der Waals surface area contributed by atoms with Gasteiger partial charge in [0, 0.05) is 30.7 Å². The summed E-state index contributed by atoms with van der Waals surface area (Å²) in [6, 6.07) is 12.7. The number of amides is 1. The third-order valence-electron chi connectivity index (χ3n) is 5.87. The average Bonchev–Trinajstić information content (AvgIpc) is 3.10. The molecule has 0 radical (unpaired) electrons. The topological polar surface area (TPSA) is 50.6 Å². The predicted octanol–water partition coefficient (Wildman–Crippen LogP) is 5.52. The minimum Gasteiger partial charge on any atom is -0.444 e. The zero-order chi connectivity index (χ0) is 23.0. The number of halogens is 1. The van der Waals surface area contributed by atoms with Crippen LogP contribution in [0, 0.1) is 13.8 Å². The average molecular weight is 499 g/mol. The molecule has 0 spiro atoms. The summed E-state index contributed by atoms with van der Waals surface area (Å²) in [4.78, 5) is 21.6. The van der Waals surface area contributed by atoms with Crippen LogP contribution in [0.2, 0.25) is 0 Å². The molecule has 1 aliphatic rings. The van der Waals surface area contributed by atoms with Crippen molar-refractivity contribution in [1.29, 1.82) is 0 Å². The Bertz CT molecular complexity index is 1130. The summed E-state index contributed by atoms with van der Waals surface area (Å²) in [5, 5.41) is 0. The van der Waals surface area contributed by atoms with Crippen molar-refractivity contribution in [3.63, 3.8) is 0 Å². The standard InChI is InChI=1S/C25H31BrN4O2/c1-17-15-20-22(21(26)18(17)2)27-23(30(20)16-19-9-7-6-8-10-19)28-11-13-29(14-12-28)24(31)32-25(3,4)5/h6-10,15H,11-14,16H2,1-5H3. The van der Waals surface area contributed by atoms with Crippen LogP contribution in [0.15, 0.2) is 40.9 Å². The number of carbonyl (C=O) groups excluding carboxylic acids is 1. The van der Waals surface area contributed by atoms with Gasteiger partial charge in [-0.2, -0.15) is 0 Å². The van der Waals surface area contributed by atoms with E-state index < -0.39 is 5.60 Å². The van der Waals surface area contributed by atoms with Crippen LogP contribution in [0.5, 0.6) is 0 Å². The number of ether oxygens (including phenoxy) is 1. The Labute approximate surface area is 198 Å². The van der Waals surface area contributed by atoms with Crippen LogP contribution in [0.25, 0.3) is 11.0 Å². The lowest BCUT2D eigenvalue weighted by Crippen LogP contribution is -2.50. The van der Waals surface area contributed by atoms with Crippen LogP contribution in [-0.4, -0.2) is 52.3 Å². The van der Waals surface area contributed by atoms with Gasteiger partial charge in [-0.3, -0.25) is 0 Å². The van der Waals surface area contributed by atoms with Crippen LogP contribution in [0.3, 0.4) is 0 Å². The van der Waals surface area contributed by atoms with Crippen molar-refractivity contribution in [2.45, 2.75) is 46.8 Å². The maximum Gasteiger partial charge on any atom is 0.410 e. The highest BCUT2D eigenvalue weighted by atomic mass is 79.9. The van der Waals surface area contributed by atoms with Gasteiger partial charge in [0.2, 0.25) is 5.95 Å². The molecule has 2 aromatic carbocycles. The molecule has 6 nitrogen and oxygen atoms in total. The molecular formula is C25H31BrN4O2. The highest BCUT2D eigenvalue weighted by Crippen LogP contribution is 2.33. The highest BCUT2D eigenvalue weighted by Gasteiger charge is 2.28. The first-order valence-corrected chi connectivity index (χ1v) is 11.9. The van der Waals surface area contributed by atoms with Crippen LogP contribution < -0.4 is 4.90 Å². The second-order valence-electron chi connectivity index (χ2n) is 9.44. The summed E-state index contributed by atoms with van der Waals surface area (Å²) >= 11 is 3.78. The molecule has 170 valence electrons. The van der Waals surface area contributed by atoms with E-state index in [2.05, 4.69) is 69.6 Å². The monoisotopic (exact) mass is 498 g/mol. The van der Waals surface area contributed by atoms with E-state index in [1.54, 1.807) is 4.90 Å². The van der Waals surface area contributed by atoms with Gasteiger partial charge in [-0.25, -0.2) is 9.78 Å². The molecule has 2 heterocycles. The smallest absolute Gasteiger partial charge is 0.410 e. The SMILES string of the molecule is Cc1cc2c(nc(N3CCN(C(=O)OC(C)(C)C)CC3)n2Cc2ccccc2)c(Br)c1C. The van der Waals surface area contributed by atoms with E-state index in [-0.39, 0.29) is 6.09 Å². The van der Waals surface area contributed by atoms with Gasteiger partial charge >= 0.3 is 6.09 Å². The number of carbonyl (C=O) groups is 1. The lowest BCUT2D eigenvalue weighted by atomic mass is 10.1. The number of aromatic nitrogens is 2. The zero-order valence-electron chi connectivity index (χ0n) is 19.5. The summed E-state index contributed by atoms with van der Waals surface area (Å²) in [7, 11) is 0. The molecule has 1 aromatic heterocycles. The largest absolute Gasteiger partial charge is 0.444 e. The molecule has 32 heavy (non-hydrogen) atoms. The number of imidazole rings is 1. The van der Waals surface area contributed by atoms with Gasteiger partial charge in [0.05, 0.1) is 12.1 Å². The number of aryl methyl sites for hydroxylation is 1. The Hall–Kier alpha value is -2.54. The molecule has 0 aliphatic carbocycles. The first-order chi connectivity index (χ1) is 15.1. The van der Waals surface area contributed by atoms with Gasteiger partial charge in [0.15, 0.2) is 0 Å². The second kappa shape index (κ2) is 8.77. The minimum absolute atomic E-state index is 0.246. The third-order valence-corrected chi connectivity index (χ3v) is 6.84. The predicted molar refractivity (Wildman–Crippen MR) is 132 cm³/mol. The Morgan fingerprint density at radius 3 is 2.38 bits per heavy atom. The molecule has 7 heteroatoms. The highest BCUT2D eigenvalue weighted by molar-refractivity contribution is 9.10. The zero-order valence-corrected chi connectivity index (χ0v) is 21.1. The maximum absolute atomic E-state index is 12.5. The molecule has 1 amide bonds. The molecule has 0 saturated carbocycles. The van der Waals surface area contributed by atoms with Gasteiger partial charge < -0.3 is 19.1 Å². The second-order valence-corrected chi connectivity index (χ2v) is 10.2. The summed E-state index contributed by atoms with van der Waals surface area (Å²) in [6.45, 7) is 13.4. The number of fused-ring (bicyclic) bond motifs is 1. The van der Waals surface area contributed by atoms with Crippen LogP contribution in [0.1, 0.15) is 37.5 Å². The Morgan fingerprint density at radius 1 is 1.09 bits per heavy atom. The number of benzene rings is 2. The quantitative estimate of drug-likeness (QED) is 0.476. The van der Waals surface area contributed by atoms with Crippen molar-refractivity contribution in [1.82, 2.24) is 14.5 Å². The summed E-state index contributed by atoms with van der Waals surface area (Å²) in [5.74, 6) is 0.943. The lowest BCUT2D eigenvalue weighted by Gasteiger charge is -2.36. The van der Waals surface area contributed by atoms with E-state index in [4.69, 9.17) is 9.72 Å². The number of anilines is 1. The summed E-state index contributed by atoms with van der Waals surface area (Å²) in [6.07, 6.45) is -0.246. The molecule has 0 N–H and O–H groups in total. The molecule has 1 saturated heterocycles. The van der Waals surface area contributed by atoms with Crippen molar-refractivity contribution in [3.8, 4) is 0 Å². The van der Waals surface area contributed by atoms with Crippen molar-refractivity contribution < 1.29 is 9.53 Å². The Morgan fingerprint density at radius 2 is 1.75 bits per heavy atom. The van der Waals surface area contributed by atoms with Gasteiger partial charge in [0.25, 0.3) is 0 Å². The number of piperazine rings is 1. The van der Waals surface area contributed by atoms with Crippen molar-refractivity contribution in [2.24, 2.45) is 0 Å². The Kier molecular flexibility index (Phi) is 6.21. The lowest BCUT2D eigenvalue weighted by molar-refractivity contribution is 0.0240. The molecule has 3 aromatic rings. The van der Waals surface area contributed by atoms with Crippen molar-refractivity contribution >= 4 is 39.0 Å². The third kappa shape index (κ3) is 4.63. The maximum atomic E-state index is 12.5. The number of hydrogen-bond acceptors (Lipinski definition) is 4. The van der Waals surface area contributed by atoms with Gasteiger partial charge in [-0.15, -0.1) is 0 Å². The first kappa shape index (κ1) is 22.6. The van der Waals surface area contributed by atoms with E-state index in [1.165, 1.54) is 16.7 Å². The summed E-state index contributed by atoms with van der Waals surface area (Å²) in [5.41, 5.74) is 5.29. The minimum atomic E-state index is -0.486. The van der Waals surface area contributed by atoms with Gasteiger partial charge in [0.1, 0.15) is 11.1 Å². The normalized spacial score (nSPS) is 14.8. The molecular weight excluding hydrogens is 468 g/mol. The van der Waals surface area contributed by atoms with E-state index >= 15 is 0 Å². The van der Waals surface area contributed by atoms with Crippen LogP contribution in [-0.2, 0) is 11.3 Å². The molecule has 0 atom stereocenters. The fourth-order valence-corrected chi connectivity index (χ4v) is 4.61. The van der Waals surface area contributed by atoms with Gasteiger partial charge in [-0.05, 0) is 73.3 Å². The number of nitrogens with zero attached hydrogens (tertiary/aromatic N) is 4. The van der Waals surface area contributed by atoms with Crippen molar-refractivity contribution in [2.75, 3.05) is 31.1 Å². The number of rotatable bonds is 3. The van der Waals surface area contributed by atoms with E-state index in [1.807, 2.05) is 26.8 Å². The molecule has 4 rings (SSSR count). The molecule has 1 aliphatic heterocycles. The number of hydrogen-bond donors (Lipinski definition) is 0. The fourth-order valence-electron chi connectivity index (χ4n) is 4.00. The van der Waals surface area contributed by atoms with Crippen molar-refractivity contribution in [3.05, 3.63) is 57.6 Å². The first-order valence-electron chi connectivity index (χ1n) is 11.1. The molecule has 0 bridgehead atoms. The van der Waals surface area contributed by atoms with E-state index in [9.17, 15) is 4.79 Å². The van der Waals surface area contributed by atoms with E-state index in [0.29, 0.717) is 26.2 Å². The van der Waals surface area contributed by atoms with Crippen LogP contribution in [0.4, 0.5) is 10.7 Å². The molecule has 0 unspecified atom stereocenters. The Balaban J connectivity index is 1.66. The fraction of sp³-hybridized carbons (Fsp3) is 0.440. The summed E-state index contributed by atoms with van der Waals surface area (Å²) < 4.78 is 8.90.